The smallest absolute Gasteiger partial charge is 0.238 e. The van der Waals surface area contributed by atoms with Crippen LogP contribution in [0.25, 0.3) is 0 Å². The molecule has 0 aliphatic carbocycles. The first-order valence-corrected chi connectivity index (χ1v) is 7.75. The van der Waals surface area contributed by atoms with Crippen molar-refractivity contribution in [2.24, 2.45) is 0 Å². The van der Waals surface area contributed by atoms with Gasteiger partial charge in [0.2, 0.25) is 5.91 Å². The van der Waals surface area contributed by atoms with Crippen LogP contribution < -0.4 is 10.6 Å². The number of rotatable bonds is 4. The van der Waals surface area contributed by atoms with Gasteiger partial charge in [-0.25, -0.2) is 0 Å². The van der Waals surface area contributed by atoms with Crippen molar-refractivity contribution in [3.05, 3.63) is 33.4 Å². The van der Waals surface area contributed by atoms with Gasteiger partial charge in [0.05, 0.1) is 0 Å². The average Bonchev–Trinajstić information content (AvgIpc) is 2.42. The largest absolute Gasteiger partial charge is 0.355 e. The van der Waals surface area contributed by atoms with Crippen molar-refractivity contribution < 1.29 is 4.79 Å². The van der Waals surface area contributed by atoms with E-state index in [-0.39, 0.29) is 11.9 Å². The topological polar surface area (TPSA) is 44.4 Å². The van der Waals surface area contributed by atoms with Crippen LogP contribution in [-0.2, 0) is 11.3 Å². The molecule has 1 aromatic carbocycles. The van der Waals surface area contributed by atoms with Crippen molar-refractivity contribution >= 4 is 28.5 Å². The molecule has 2 N–H and O–H groups in total. The molecule has 5 heteroatoms. The lowest BCUT2D eigenvalue weighted by atomic mass is 10.1. The number of halogens is 1. The standard InChI is InChI=1S/C14H20IN3O/c1-2-17-14(19)13-9-16-7-8-18(13)10-11-3-5-12(15)6-4-11/h3-6,13,16H,2,7-10H2,1H3,(H,17,19). The summed E-state index contributed by atoms with van der Waals surface area (Å²) in [6.07, 6.45) is 0. The molecular formula is C14H20IN3O. The molecule has 1 amide bonds. The van der Waals surface area contributed by atoms with E-state index in [0.29, 0.717) is 6.54 Å². The predicted octanol–water partition coefficient (Wildman–Crippen LogP) is 1.20. The summed E-state index contributed by atoms with van der Waals surface area (Å²) in [6, 6.07) is 8.43. The van der Waals surface area contributed by atoms with Crippen LogP contribution >= 0.6 is 22.6 Å². The van der Waals surface area contributed by atoms with Gasteiger partial charge in [-0.2, -0.15) is 0 Å². The van der Waals surface area contributed by atoms with Gasteiger partial charge in [-0.1, -0.05) is 12.1 Å². The fourth-order valence-electron chi connectivity index (χ4n) is 2.31. The highest BCUT2D eigenvalue weighted by atomic mass is 127. The molecule has 0 saturated carbocycles. The number of hydrogen-bond acceptors (Lipinski definition) is 3. The third kappa shape index (κ3) is 4.15. The average molecular weight is 373 g/mol. The molecular weight excluding hydrogens is 353 g/mol. The molecule has 4 nitrogen and oxygen atoms in total. The van der Waals surface area contributed by atoms with Gasteiger partial charge in [0, 0.05) is 36.3 Å². The van der Waals surface area contributed by atoms with Crippen LogP contribution in [-0.4, -0.2) is 43.0 Å². The Hall–Kier alpha value is -0.660. The summed E-state index contributed by atoms with van der Waals surface area (Å²) in [5.41, 5.74) is 1.26. The van der Waals surface area contributed by atoms with Crippen molar-refractivity contribution in [3.8, 4) is 0 Å². The molecule has 1 heterocycles. The highest BCUT2D eigenvalue weighted by Gasteiger charge is 2.27. The van der Waals surface area contributed by atoms with Crippen LogP contribution in [0.1, 0.15) is 12.5 Å². The number of nitrogens with one attached hydrogen (secondary N) is 2. The SMILES string of the molecule is CCNC(=O)C1CNCCN1Cc1ccc(I)cc1. The molecule has 1 aliphatic heterocycles. The highest BCUT2D eigenvalue weighted by Crippen LogP contribution is 2.12. The van der Waals surface area contributed by atoms with E-state index in [2.05, 4.69) is 62.4 Å². The Morgan fingerprint density at radius 1 is 1.47 bits per heavy atom. The zero-order valence-electron chi connectivity index (χ0n) is 11.2. The van der Waals surface area contributed by atoms with Crippen molar-refractivity contribution in [3.63, 3.8) is 0 Å². The number of benzene rings is 1. The normalized spacial score (nSPS) is 20.2. The van der Waals surface area contributed by atoms with Crippen LogP contribution in [0.3, 0.4) is 0 Å². The molecule has 2 rings (SSSR count). The van der Waals surface area contributed by atoms with E-state index in [4.69, 9.17) is 0 Å². The first kappa shape index (κ1) is 14.7. The Balaban J connectivity index is 2.03. The van der Waals surface area contributed by atoms with Gasteiger partial charge in [0.1, 0.15) is 6.04 Å². The number of amides is 1. The third-order valence-corrected chi connectivity index (χ3v) is 4.03. The summed E-state index contributed by atoms with van der Waals surface area (Å²) >= 11 is 2.31. The van der Waals surface area contributed by atoms with E-state index < -0.39 is 0 Å². The monoisotopic (exact) mass is 373 g/mol. The van der Waals surface area contributed by atoms with Gasteiger partial charge in [-0.05, 0) is 47.2 Å². The minimum Gasteiger partial charge on any atom is -0.355 e. The molecule has 0 bridgehead atoms. The molecule has 1 saturated heterocycles. The molecule has 0 radical (unpaired) electrons. The van der Waals surface area contributed by atoms with Crippen LogP contribution in [0.5, 0.6) is 0 Å². The zero-order chi connectivity index (χ0) is 13.7. The zero-order valence-corrected chi connectivity index (χ0v) is 13.3. The van der Waals surface area contributed by atoms with Crippen molar-refractivity contribution in [2.75, 3.05) is 26.2 Å². The first-order valence-electron chi connectivity index (χ1n) is 6.67. The lowest BCUT2D eigenvalue weighted by Crippen LogP contribution is -2.57. The molecule has 0 aromatic heterocycles. The number of hydrogen-bond donors (Lipinski definition) is 2. The van der Waals surface area contributed by atoms with Crippen molar-refractivity contribution in [1.29, 1.82) is 0 Å². The van der Waals surface area contributed by atoms with Gasteiger partial charge < -0.3 is 10.6 Å². The maximum absolute atomic E-state index is 12.1. The molecule has 19 heavy (non-hydrogen) atoms. The summed E-state index contributed by atoms with van der Waals surface area (Å²) in [4.78, 5) is 14.3. The number of carbonyl (C=O) groups is 1. The minimum atomic E-state index is -0.0621. The summed E-state index contributed by atoms with van der Waals surface area (Å²) in [5, 5.41) is 6.21. The van der Waals surface area contributed by atoms with Gasteiger partial charge in [-0.3, -0.25) is 9.69 Å². The van der Waals surface area contributed by atoms with Gasteiger partial charge in [-0.15, -0.1) is 0 Å². The Kier molecular flexibility index (Phi) is 5.59. The number of piperazine rings is 1. The molecule has 1 fully saturated rings. The van der Waals surface area contributed by atoms with E-state index in [0.717, 1.165) is 26.2 Å². The quantitative estimate of drug-likeness (QED) is 0.780. The lowest BCUT2D eigenvalue weighted by molar-refractivity contribution is -0.127. The maximum Gasteiger partial charge on any atom is 0.238 e. The van der Waals surface area contributed by atoms with E-state index in [1.54, 1.807) is 0 Å². The Labute approximate surface area is 128 Å². The number of likely N-dealkylation sites (N-methyl/N-ethyl adjacent to an activating group) is 1. The second-order valence-electron chi connectivity index (χ2n) is 4.71. The van der Waals surface area contributed by atoms with Gasteiger partial charge in [0.15, 0.2) is 0 Å². The fraction of sp³-hybridized carbons (Fsp3) is 0.500. The molecule has 1 aliphatic rings. The maximum atomic E-state index is 12.1. The third-order valence-electron chi connectivity index (χ3n) is 3.31. The first-order chi connectivity index (χ1) is 9.20. The molecule has 1 aromatic rings. The van der Waals surface area contributed by atoms with E-state index >= 15 is 0 Å². The fourth-order valence-corrected chi connectivity index (χ4v) is 2.67. The second-order valence-corrected chi connectivity index (χ2v) is 5.96. The van der Waals surface area contributed by atoms with E-state index in [9.17, 15) is 4.79 Å². The molecule has 104 valence electrons. The predicted molar refractivity (Wildman–Crippen MR) is 84.9 cm³/mol. The van der Waals surface area contributed by atoms with Crippen molar-refractivity contribution in [2.45, 2.75) is 19.5 Å². The van der Waals surface area contributed by atoms with Crippen LogP contribution in [0.2, 0.25) is 0 Å². The van der Waals surface area contributed by atoms with Crippen LogP contribution in [0, 0.1) is 3.57 Å². The Morgan fingerprint density at radius 3 is 2.89 bits per heavy atom. The Bertz CT molecular complexity index is 421. The van der Waals surface area contributed by atoms with Gasteiger partial charge in [0.25, 0.3) is 0 Å². The minimum absolute atomic E-state index is 0.0621. The van der Waals surface area contributed by atoms with Crippen LogP contribution in [0.4, 0.5) is 0 Å². The van der Waals surface area contributed by atoms with Crippen LogP contribution in [0.15, 0.2) is 24.3 Å². The molecule has 0 spiro atoms. The summed E-state index contributed by atoms with van der Waals surface area (Å²) in [5.74, 6) is 0.125. The van der Waals surface area contributed by atoms with E-state index in [1.165, 1.54) is 9.13 Å². The molecule has 1 atom stereocenters. The highest BCUT2D eigenvalue weighted by molar-refractivity contribution is 14.1. The summed E-state index contributed by atoms with van der Waals surface area (Å²) < 4.78 is 1.24. The Morgan fingerprint density at radius 2 is 2.21 bits per heavy atom. The number of carbonyl (C=O) groups excluding carboxylic acids is 1. The molecule has 1 unspecified atom stereocenters. The summed E-state index contributed by atoms with van der Waals surface area (Å²) in [6.45, 7) is 6.06. The number of nitrogens with zero attached hydrogens (tertiary/aromatic N) is 1. The van der Waals surface area contributed by atoms with E-state index in [1.807, 2.05) is 6.92 Å². The van der Waals surface area contributed by atoms with Crippen molar-refractivity contribution in [1.82, 2.24) is 15.5 Å². The summed E-state index contributed by atoms with van der Waals surface area (Å²) in [7, 11) is 0. The second kappa shape index (κ2) is 7.21. The van der Waals surface area contributed by atoms with Gasteiger partial charge >= 0.3 is 0 Å². The lowest BCUT2D eigenvalue weighted by Gasteiger charge is -2.35.